The molecular weight excluding hydrogens is 224 g/mol. The van der Waals surface area contributed by atoms with E-state index in [1.54, 1.807) is 0 Å². The molecule has 98 valence electrons. The fourth-order valence-electron chi connectivity index (χ4n) is 2.61. The lowest BCUT2D eigenvalue weighted by atomic mass is 10.0. The number of piperidine rings is 1. The summed E-state index contributed by atoms with van der Waals surface area (Å²) in [7, 11) is 0. The van der Waals surface area contributed by atoms with Crippen LogP contribution >= 0.6 is 0 Å². The van der Waals surface area contributed by atoms with E-state index in [1.165, 1.54) is 6.42 Å². The minimum absolute atomic E-state index is 0.206. The van der Waals surface area contributed by atoms with E-state index in [2.05, 4.69) is 6.92 Å². The Morgan fingerprint density at radius 3 is 2.89 bits per heavy atom. The molecule has 1 amide bonds. The van der Waals surface area contributed by atoms with Gasteiger partial charge < -0.3 is 10.6 Å². The van der Waals surface area contributed by atoms with Gasteiger partial charge in [0, 0.05) is 18.3 Å². The normalized spacial score (nSPS) is 19.9. The first-order chi connectivity index (χ1) is 8.58. The Balaban J connectivity index is 2.06. The number of nitrogen functional groups attached to an aromatic ring is 1. The molecule has 1 atom stereocenters. The van der Waals surface area contributed by atoms with Crippen LogP contribution in [0, 0.1) is 6.92 Å². The van der Waals surface area contributed by atoms with Crippen molar-refractivity contribution in [2.45, 2.75) is 45.6 Å². The monoisotopic (exact) mass is 246 g/mol. The lowest BCUT2D eigenvalue weighted by Gasteiger charge is -2.33. The standard InChI is InChI=1S/C15H22N2O/c1-11-6-7-13(14(16)9-11)10-15(18)17-8-4-3-5-12(17)2/h6-7,9,12H,3-5,8,10,16H2,1-2H3/t12-/m0/s1. The number of nitrogens with zero attached hydrogens (tertiary/aromatic N) is 1. The fourth-order valence-corrected chi connectivity index (χ4v) is 2.61. The Morgan fingerprint density at radius 2 is 2.22 bits per heavy atom. The first-order valence-electron chi connectivity index (χ1n) is 6.72. The Hall–Kier alpha value is -1.51. The third-order valence-corrected chi connectivity index (χ3v) is 3.77. The largest absolute Gasteiger partial charge is 0.398 e. The molecule has 1 aliphatic heterocycles. The van der Waals surface area contributed by atoms with Crippen LogP contribution < -0.4 is 5.73 Å². The SMILES string of the molecule is Cc1ccc(CC(=O)N2CCCC[C@@H]2C)c(N)c1. The number of nitrogens with two attached hydrogens (primary N) is 1. The van der Waals surface area contributed by atoms with Gasteiger partial charge in [0.05, 0.1) is 6.42 Å². The van der Waals surface area contributed by atoms with Gasteiger partial charge in [-0.05, 0) is 50.3 Å². The summed E-state index contributed by atoms with van der Waals surface area (Å²) in [5.41, 5.74) is 8.77. The lowest BCUT2D eigenvalue weighted by molar-refractivity contribution is -0.133. The zero-order valence-electron chi connectivity index (χ0n) is 11.3. The van der Waals surface area contributed by atoms with Crippen LogP contribution in [0.25, 0.3) is 0 Å². The highest BCUT2D eigenvalue weighted by Gasteiger charge is 2.23. The Labute approximate surface area is 109 Å². The van der Waals surface area contributed by atoms with Gasteiger partial charge in [0.2, 0.25) is 5.91 Å². The molecular formula is C15H22N2O. The third-order valence-electron chi connectivity index (χ3n) is 3.77. The molecule has 0 unspecified atom stereocenters. The maximum absolute atomic E-state index is 12.3. The van der Waals surface area contributed by atoms with E-state index in [-0.39, 0.29) is 5.91 Å². The number of aryl methyl sites for hydroxylation is 1. The van der Waals surface area contributed by atoms with Gasteiger partial charge in [-0.3, -0.25) is 4.79 Å². The molecule has 1 aromatic rings. The highest BCUT2D eigenvalue weighted by molar-refractivity contribution is 5.80. The quantitative estimate of drug-likeness (QED) is 0.815. The summed E-state index contributed by atoms with van der Waals surface area (Å²) in [6.45, 7) is 5.04. The lowest BCUT2D eigenvalue weighted by Crippen LogP contribution is -2.42. The predicted molar refractivity (Wildman–Crippen MR) is 74.3 cm³/mol. The first kappa shape index (κ1) is 12.9. The number of anilines is 1. The zero-order chi connectivity index (χ0) is 13.1. The molecule has 3 nitrogen and oxygen atoms in total. The van der Waals surface area contributed by atoms with E-state index < -0.39 is 0 Å². The Morgan fingerprint density at radius 1 is 1.44 bits per heavy atom. The molecule has 0 aromatic heterocycles. The van der Waals surface area contributed by atoms with Gasteiger partial charge >= 0.3 is 0 Å². The highest BCUT2D eigenvalue weighted by atomic mass is 16.2. The minimum Gasteiger partial charge on any atom is -0.398 e. The summed E-state index contributed by atoms with van der Waals surface area (Å²) in [6, 6.07) is 6.29. The maximum Gasteiger partial charge on any atom is 0.227 e. The van der Waals surface area contributed by atoms with Crippen molar-refractivity contribution in [3.05, 3.63) is 29.3 Å². The van der Waals surface area contributed by atoms with Gasteiger partial charge in [0.25, 0.3) is 0 Å². The molecule has 2 rings (SSSR count). The van der Waals surface area contributed by atoms with Crippen molar-refractivity contribution in [2.75, 3.05) is 12.3 Å². The van der Waals surface area contributed by atoms with Crippen molar-refractivity contribution < 1.29 is 4.79 Å². The topological polar surface area (TPSA) is 46.3 Å². The molecule has 1 heterocycles. The third kappa shape index (κ3) is 2.84. The van der Waals surface area contributed by atoms with Gasteiger partial charge in [0.15, 0.2) is 0 Å². The van der Waals surface area contributed by atoms with Crippen molar-refractivity contribution in [2.24, 2.45) is 0 Å². The van der Waals surface area contributed by atoms with Crippen molar-refractivity contribution >= 4 is 11.6 Å². The molecule has 1 fully saturated rings. The number of carbonyl (C=O) groups is 1. The molecule has 0 saturated carbocycles. The molecule has 1 aromatic carbocycles. The molecule has 0 aliphatic carbocycles. The van der Waals surface area contributed by atoms with Crippen LogP contribution in [-0.2, 0) is 11.2 Å². The maximum atomic E-state index is 12.3. The summed E-state index contributed by atoms with van der Waals surface area (Å²) in [6.07, 6.45) is 3.91. The number of amides is 1. The van der Waals surface area contributed by atoms with Gasteiger partial charge in [0.1, 0.15) is 0 Å². The van der Waals surface area contributed by atoms with Crippen LogP contribution in [0.1, 0.15) is 37.3 Å². The van der Waals surface area contributed by atoms with Crippen LogP contribution in [0.15, 0.2) is 18.2 Å². The molecule has 0 spiro atoms. The second-order valence-electron chi connectivity index (χ2n) is 5.31. The molecule has 1 saturated heterocycles. The van der Waals surface area contributed by atoms with Crippen LogP contribution in [0.4, 0.5) is 5.69 Å². The smallest absolute Gasteiger partial charge is 0.227 e. The van der Waals surface area contributed by atoms with Crippen LogP contribution in [-0.4, -0.2) is 23.4 Å². The van der Waals surface area contributed by atoms with E-state index in [9.17, 15) is 4.79 Å². The number of benzene rings is 1. The zero-order valence-corrected chi connectivity index (χ0v) is 11.3. The summed E-state index contributed by atoms with van der Waals surface area (Å²) in [5, 5.41) is 0. The number of hydrogen-bond donors (Lipinski definition) is 1. The van der Waals surface area contributed by atoms with Crippen LogP contribution in [0.3, 0.4) is 0 Å². The summed E-state index contributed by atoms with van der Waals surface area (Å²) in [4.78, 5) is 14.3. The summed E-state index contributed by atoms with van der Waals surface area (Å²) >= 11 is 0. The number of likely N-dealkylation sites (tertiary alicyclic amines) is 1. The number of rotatable bonds is 2. The molecule has 0 bridgehead atoms. The highest BCUT2D eigenvalue weighted by Crippen LogP contribution is 2.20. The molecule has 18 heavy (non-hydrogen) atoms. The van der Waals surface area contributed by atoms with E-state index in [4.69, 9.17) is 5.73 Å². The summed E-state index contributed by atoms with van der Waals surface area (Å²) in [5.74, 6) is 0.206. The Bertz CT molecular complexity index is 442. The molecule has 1 aliphatic rings. The Kier molecular flexibility index (Phi) is 3.90. The van der Waals surface area contributed by atoms with E-state index in [1.807, 2.05) is 30.0 Å². The first-order valence-corrected chi connectivity index (χ1v) is 6.72. The average molecular weight is 246 g/mol. The van der Waals surface area contributed by atoms with Gasteiger partial charge in [-0.1, -0.05) is 12.1 Å². The molecule has 3 heteroatoms. The second kappa shape index (κ2) is 5.42. The van der Waals surface area contributed by atoms with Crippen molar-refractivity contribution in [1.82, 2.24) is 4.90 Å². The van der Waals surface area contributed by atoms with E-state index in [0.717, 1.165) is 36.2 Å². The molecule has 0 radical (unpaired) electrons. The van der Waals surface area contributed by atoms with Crippen LogP contribution in [0.2, 0.25) is 0 Å². The van der Waals surface area contributed by atoms with Gasteiger partial charge in [-0.2, -0.15) is 0 Å². The average Bonchev–Trinajstić information content (AvgIpc) is 2.33. The van der Waals surface area contributed by atoms with Crippen molar-refractivity contribution in [3.63, 3.8) is 0 Å². The minimum atomic E-state index is 0.206. The summed E-state index contributed by atoms with van der Waals surface area (Å²) < 4.78 is 0. The fraction of sp³-hybridized carbons (Fsp3) is 0.533. The van der Waals surface area contributed by atoms with E-state index in [0.29, 0.717) is 12.5 Å². The van der Waals surface area contributed by atoms with Gasteiger partial charge in [-0.15, -0.1) is 0 Å². The number of hydrogen-bond acceptors (Lipinski definition) is 2. The number of carbonyl (C=O) groups excluding carboxylic acids is 1. The van der Waals surface area contributed by atoms with Crippen molar-refractivity contribution in [3.8, 4) is 0 Å². The second-order valence-corrected chi connectivity index (χ2v) is 5.31. The van der Waals surface area contributed by atoms with Gasteiger partial charge in [-0.25, -0.2) is 0 Å². The predicted octanol–water partition coefficient (Wildman–Crippen LogP) is 2.52. The molecule has 2 N–H and O–H groups in total. The van der Waals surface area contributed by atoms with Crippen LogP contribution in [0.5, 0.6) is 0 Å². The van der Waals surface area contributed by atoms with E-state index >= 15 is 0 Å². The van der Waals surface area contributed by atoms with Crippen molar-refractivity contribution in [1.29, 1.82) is 0 Å².